The van der Waals surface area contributed by atoms with Crippen LogP contribution in [0, 0.1) is 0 Å². The van der Waals surface area contributed by atoms with Crippen LogP contribution in [0.5, 0.6) is 23.0 Å². The van der Waals surface area contributed by atoms with E-state index < -0.39 is 0 Å². The fourth-order valence-electron chi connectivity index (χ4n) is 5.85. The first-order valence-corrected chi connectivity index (χ1v) is 16.2. The molecule has 6 aromatic rings. The van der Waals surface area contributed by atoms with Crippen LogP contribution in [-0.2, 0) is 19.8 Å². The molecule has 0 fully saturated rings. The second-order valence-electron chi connectivity index (χ2n) is 11.6. The second kappa shape index (κ2) is 16.3. The van der Waals surface area contributed by atoms with E-state index in [4.69, 9.17) is 18.9 Å². The Kier molecular flexibility index (Phi) is 11.0. The highest BCUT2D eigenvalue weighted by molar-refractivity contribution is 5.48. The molecule has 0 aromatic heterocycles. The van der Waals surface area contributed by atoms with Crippen molar-refractivity contribution in [3.05, 3.63) is 191 Å². The fraction of sp³-hybridized carbons (Fsp3) is 0.163. The molecule has 0 amide bonds. The Morgan fingerprint density at radius 2 is 0.875 bits per heavy atom. The van der Waals surface area contributed by atoms with Gasteiger partial charge in [0.25, 0.3) is 0 Å². The molecule has 0 saturated heterocycles. The van der Waals surface area contributed by atoms with Crippen molar-refractivity contribution in [1.29, 1.82) is 0 Å². The number of methoxy groups -OCH3 is 1. The Bertz CT molecular complexity index is 1740. The number of aliphatic hydroxyl groups is 1. The van der Waals surface area contributed by atoms with Crippen molar-refractivity contribution in [1.82, 2.24) is 0 Å². The number of benzene rings is 6. The molecule has 0 bridgehead atoms. The van der Waals surface area contributed by atoms with Crippen LogP contribution in [0.15, 0.2) is 158 Å². The van der Waals surface area contributed by atoms with Crippen LogP contribution in [0.2, 0.25) is 0 Å². The minimum Gasteiger partial charge on any atom is -0.493 e. The Hall–Kier alpha value is -5.52. The third-order valence-corrected chi connectivity index (χ3v) is 8.43. The van der Waals surface area contributed by atoms with E-state index in [0.29, 0.717) is 31.3 Å². The first-order valence-electron chi connectivity index (χ1n) is 16.2. The van der Waals surface area contributed by atoms with Gasteiger partial charge in [0.05, 0.1) is 13.7 Å². The highest BCUT2D eigenvalue weighted by Crippen LogP contribution is 2.42. The first-order chi connectivity index (χ1) is 23.7. The van der Waals surface area contributed by atoms with Gasteiger partial charge < -0.3 is 24.1 Å². The van der Waals surface area contributed by atoms with E-state index >= 15 is 0 Å². The lowest BCUT2D eigenvalue weighted by Gasteiger charge is -2.28. The largest absolute Gasteiger partial charge is 0.493 e. The van der Waals surface area contributed by atoms with Gasteiger partial charge in [-0.15, -0.1) is 0 Å². The van der Waals surface area contributed by atoms with Gasteiger partial charge in [-0.3, -0.25) is 0 Å². The van der Waals surface area contributed by atoms with Crippen LogP contribution in [0.3, 0.4) is 0 Å². The summed E-state index contributed by atoms with van der Waals surface area (Å²) in [5, 5.41) is 11.0. The summed E-state index contributed by atoms with van der Waals surface area (Å²) in [6, 6.07) is 52.5. The van der Waals surface area contributed by atoms with Gasteiger partial charge in [0, 0.05) is 11.8 Å². The summed E-state index contributed by atoms with van der Waals surface area (Å²) >= 11 is 0. The van der Waals surface area contributed by atoms with Gasteiger partial charge in [0.1, 0.15) is 31.3 Å². The average Bonchev–Trinajstić information content (AvgIpc) is 3.16. The predicted octanol–water partition coefficient (Wildman–Crippen LogP) is 9.34. The molecule has 0 aliphatic rings. The molecule has 0 saturated carbocycles. The van der Waals surface area contributed by atoms with Crippen molar-refractivity contribution in [2.45, 2.75) is 31.7 Å². The maximum absolute atomic E-state index is 11.0. The monoisotopic (exact) mass is 636 g/mol. The fourth-order valence-corrected chi connectivity index (χ4v) is 5.85. The summed E-state index contributed by atoms with van der Waals surface area (Å²) in [6.45, 7) is 1.34. The summed E-state index contributed by atoms with van der Waals surface area (Å²) in [7, 11) is 1.64. The smallest absolute Gasteiger partial charge is 0.161 e. The van der Waals surface area contributed by atoms with Gasteiger partial charge in [0.15, 0.2) is 11.5 Å². The van der Waals surface area contributed by atoms with E-state index in [9.17, 15) is 5.11 Å². The summed E-state index contributed by atoms with van der Waals surface area (Å²) in [6.07, 6.45) is 0. The maximum atomic E-state index is 11.0. The first kappa shape index (κ1) is 32.4. The van der Waals surface area contributed by atoms with Crippen LogP contribution < -0.4 is 18.9 Å². The summed E-state index contributed by atoms with van der Waals surface area (Å²) < 4.78 is 24.1. The predicted molar refractivity (Wildman–Crippen MR) is 190 cm³/mol. The van der Waals surface area contributed by atoms with Crippen LogP contribution in [0.1, 0.15) is 45.2 Å². The zero-order valence-electron chi connectivity index (χ0n) is 27.1. The van der Waals surface area contributed by atoms with Gasteiger partial charge in [-0.25, -0.2) is 0 Å². The third-order valence-electron chi connectivity index (χ3n) is 8.43. The third kappa shape index (κ3) is 8.44. The van der Waals surface area contributed by atoms with Gasteiger partial charge >= 0.3 is 0 Å². The molecule has 0 spiro atoms. The molecule has 6 aromatic carbocycles. The molecule has 5 heteroatoms. The lowest BCUT2D eigenvalue weighted by molar-refractivity contribution is 0.253. The Balaban J connectivity index is 1.27. The van der Waals surface area contributed by atoms with E-state index in [1.165, 1.54) is 0 Å². The second-order valence-corrected chi connectivity index (χ2v) is 11.6. The lowest BCUT2D eigenvalue weighted by atomic mass is 9.77. The van der Waals surface area contributed by atoms with Crippen LogP contribution in [0.4, 0.5) is 0 Å². The molecule has 0 heterocycles. The summed E-state index contributed by atoms with van der Waals surface area (Å²) in [5.41, 5.74) is 6.36. The van der Waals surface area contributed by atoms with Crippen LogP contribution in [-0.4, -0.2) is 18.8 Å². The molecular formula is C43H40O5. The SMILES string of the molecule is COc1cc(C(CO)C(c2ccc(OCc3ccccc3)cc2)c2ccc(OCc3ccccc3)cc2)ccc1OCc1ccccc1. The molecule has 6 rings (SSSR count). The van der Waals surface area contributed by atoms with Crippen molar-refractivity contribution < 1.29 is 24.1 Å². The van der Waals surface area contributed by atoms with Crippen molar-refractivity contribution >= 4 is 0 Å². The quantitative estimate of drug-likeness (QED) is 0.122. The highest BCUT2D eigenvalue weighted by Gasteiger charge is 2.27. The van der Waals surface area contributed by atoms with Crippen LogP contribution in [0.25, 0.3) is 0 Å². The minimum atomic E-state index is -0.269. The van der Waals surface area contributed by atoms with Crippen molar-refractivity contribution in [3.63, 3.8) is 0 Å². The molecular weight excluding hydrogens is 596 g/mol. The van der Waals surface area contributed by atoms with Gasteiger partial charge in [-0.2, -0.15) is 0 Å². The molecule has 48 heavy (non-hydrogen) atoms. The Labute approximate surface area is 283 Å². The van der Waals surface area contributed by atoms with Crippen LogP contribution >= 0.6 is 0 Å². The molecule has 0 radical (unpaired) electrons. The van der Waals surface area contributed by atoms with E-state index in [-0.39, 0.29) is 18.4 Å². The number of aliphatic hydroxyl groups excluding tert-OH is 1. The standard InChI is InChI=1S/C43H40O5/c1-45-42-27-37(21-26-41(42)48-31-34-15-9-4-10-16-34)40(28-44)43(35-17-22-38(23-18-35)46-29-32-11-5-2-6-12-32)36-19-24-39(25-20-36)47-30-33-13-7-3-8-14-33/h2-27,40,43-44H,28-31H2,1H3. The average molecular weight is 637 g/mol. The maximum Gasteiger partial charge on any atom is 0.161 e. The normalized spacial score (nSPS) is 11.6. The molecule has 242 valence electrons. The Morgan fingerprint density at radius 3 is 1.29 bits per heavy atom. The number of rotatable bonds is 15. The van der Waals surface area contributed by atoms with Gasteiger partial charge in [0.2, 0.25) is 0 Å². The van der Waals surface area contributed by atoms with Crippen molar-refractivity contribution in [2.24, 2.45) is 0 Å². The van der Waals surface area contributed by atoms with E-state index in [1.54, 1.807) is 7.11 Å². The van der Waals surface area contributed by atoms with Crippen molar-refractivity contribution in [2.75, 3.05) is 13.7 Å². The molecule has 5 nitrogen and oxygen atoms in total. The number of hydrogen-bond acceptors (Lipinski definition) is 5. The topological polar surface area (TPSA) is 57.2 Å². The number of hydrogen-bond donors (Lipinski definition) is 1. The van der Waals surface area contributed by atoms with Gasteiger partial charge in [-0.05, 0) is 69.8 Å². The molecule has 0 aliphatic heterocycles. The molecule has 1 unspecified atom stereocenters. The zero-order chi connectivity index (χ0) is 33.0. The Morgan fingerprint density at radius 1 is 0.458 bits per heavy atom. The lowest BCUT2D eigenvalue weighted by Crippen LogP contribution is -2.17. The molecule has 1 N–H and O–H groups in total. The molecule has 0 aliphatic carbocycles. The summed E-state index contributed by atoms with van der Waals surface area (Å²) in [4.78, 5) is 0. The zero-order valence-corrected chi connectivity index (χ0v) is 27.1. The minimum absolute atomic E-state index is 0.0729. The van der Waals surface area contributed by atoms with E-state index in [2.05, 4.69) is 48.5 Å². The highest BCUT2D eigenvalue weighted by atomic mass is 16.5. The molecule has 1 atom stereocenters. The van der Waals surface area contributed by atoms with E-state index in [0.717, 1.165) is 44.9 Å². The number of ether oxygens (including phenoxy) is 4. The van der Waals surface area contributed by atoms with E-state index in [1.807, 2.05) is 109 Å². The summed E-state index contributed by atoms with van der Waals surface area (Å²) in [5.74, 6) is 2.41. The van der Waals surface area contributed by atoms with Gasteiger partial charge in [-0.1, -0.05) is 121 Å². The van der Waals surface area contributed by atoms with Crippen molar-refractivity contribution in [3.8, 4) is 23.0 Å².